The summed E-state index contributed by atoms with van der Waals surface area (Å²) in [6, 6.07) is 0. The number of hydrogen-bond donors (Lipinski definition) is 0. The molecule has 0 aromatic heterocycles. The Bertz CT molecular complexity index is 181. The van der Waals surface area contributed by atoms with E-state index >= 15 is 0 Å². The van der Waals surface area contributed by atoms with Gasteiger partial charge in [-0.25, -0.2) is 0 Å². The second-order valence-corrected chi connectivity index (χ2v) is 7.27. The molecule has 0 bridgehead atoms. The molecule has 0 rings (SSSR count). The summed E-state index contributed by atoms with van der Waals surface area (Å²) in [5, 5.41) is 0. The molecule has 0 aromatic carbocycles. The molecule has 3 nitrogen and oxygen atoms in total. The van der Waals surface area contributed by atoms with E-state index in [1.165, 1.54) is 0 Å². The van der Waals surface area contributed by atoms with Gasteiger partial charge in [0.15, 0.2) is 0 Å². The van der Waals surface area contributed by atoms with Crippen LogP contribution in [0.25, 0.3) is 0 Å². The number of ether oxygens (including phenoxy) is 1. The average Bonchev–Trinajstić information content (AvgIpc) is 1.81. The minimum atomic E-state index is -3.40. The third kappa shape index (κ3) is 10.7. The maximum atomic E-state index is 10.8. The summed E-state index contributed by atoms with van der Waals surface area (Å²) >= 11 is 10.5. The first-order chi connectivity index (χ1) is 5.81. The van der Waals surface area contributed by atoms with Crippen LogP contribution in [0.2, 0.25) is 0 Å². The van der Waals surface area contributed by atoms with Crippen LogP contribution in [0.4, 0.5) is 0 Å². The molecule has 1 unspecified atom stereocenters. The minimum absolute atomic E-state index is 0.186. The molecule has 0 N–H and O–H groups in total. The Kier molecular flexibility index (Phi) is 6.61. The highest BCUT2D eigenvalue weighted by Crippen LogP contribution is 2.58. The Morgan fingerprint density at radius 1 is 1.31 bits per heavy atom. The van der Waals surface area contributed by atoms with Crippen molar-refractivity contribution in [1.29, 1.82) is 0 Å². The molecule has 0 aliphatic rings. The van der Waals surface area contributed by atoms with Crippen LogP contribution < -0.4 is 0 Å². The van der Waals surface area contributed by atoms with Gasteiger partial charge in [-0.3, -0.25) is 4.57 Å². The zero-order chi connectivity index (χ0) is 10.5. The first-order valence-electron chi connectivity index (χ1n) is 4.10. The molecule has 0 amide bonds. The third-order valence-corrected chi connectivity index (χ3v) is 2.36. The Morgan fingerprint density at radius 3 is 2.23 bits per heavy atom. The molecule has 13 heavy (non-hydrogen) atoms. The highest BCUT2D eigenvalue weighted by atomic mass is 35.9. The molecule has 1 atom stereocenters. The third-order valence-electron chi connectivity index (χ3n) is 1.28. The van der Waals surface area contributed by atoms with Gasteiger partial charge in [0.1, 0.15) is 0 Å². The van der Waals surface area contributed by atoms with Crippen molar-refractivity contribution < 1.29 is 13.8 Å². The zero-order valence-corrected chi connectivity index (χ0v) is 10.4. The molecular formula is C7H15Cl2O3P. The largest absolute Gasteiger partial charge is 0.380 e. The quantitative estimate of drug-likeness (QED) is 0.671. The minimum Gasteiger partial charge on any atom is -0.379 e. The van der Waals surface area contributed by atoms with E-state index in [0.29, 0.717) is 13.0 Å². The second-order valence-electron chi connectivity index (χ2n) is 3.04. The van der Waals surface area contributed by atoms with Gasteiger partial charge in [-0.15, -0.1) is 0 Å². The maximum absolute atomic E-state index is 10.8. The fourth-order valence-corrected chi connectivity index (χ4v) is 2.07. The Balaban J connectivity index is 3.52. The van der Waals surface area contributed by atoms with E-state index in [-0.39, 0.29) is 12.2 Å². The van der Waals surface area contributed by atoms with Gasteiger partial charge in [0.05, 0.1) is 12.2 Å². The van der Waals surface area contributed by atoms with Crippen molar-refractivity contribution in [2.24, 2.45) is 0 Å². The van der Waals surface area contributed by atoms with E-state index in [9.17, 15) is 4.57 Å². The topological polar surface area (TPSA) is 35.5 Å². The molecule has 0 fully saturated rings. The summed E-state index contributed by atoms with van der Waals surface area (Å²) in [4.78, 5) is 0. The maximum Gasteiger partial charge on any atom is 0.380 e. The summed E-state index contributed by atoms with van der Waals surface area (Å²) in [5.74, 6) is 0. The second kappa shape index (κ2) is 6.26. The fourth-order valence-electron chi connectivity index (χ4n) is 0.732. The molecule has 0 saturated heterocycles. The lowest BCUT2D eigenvalue weighted by atomic mass is 10.3. The molecule has 80 valence electrons. The van der Waals surface area contributed by atoms with Crippen LogP contribution in [0.15, 0.2) is 0 Å². The Labute approximate surface area is 88.7 Å². The summed E-state index contributed by atoms with van der Waals surface area (Å²) in [7, 11) is 0. The van der Waals surface area contributed by atoms with Crippen LogP contribution in [0.3, 0.4) is 0 Å². The SMILES string of the molecule is CC(C)OCCC(C)OP(=O)(Cl)Cl. The van der Waals surface area contributed by atoms with Gasteiger partial charge in [-0.1, -0.05) is 0 Å². The van der Waals surface area contributed by atoms with E-state index in [1.807, 2.05) is 13.8 Å². The standard InChI is InChI=1S/C7H15Cl2O3P/c1-6(2)11-5-4-7(3)12-13(8,9)10/h6-7H,4-5H2,1-3H3. The number of rotatable bonds is 6. The molecule has 0 aliphatic heterocycles. The van der Waals surface area contributed by atoms with Crippen LogP contribution in [0.1, 0.15) is 27.2 Å². The van der Waals surface area contributed by atoms with Crippen molar-refractivity contribution in [3.63, 3.8) is 0 Å². The van der Waals surface area contributed by atoms with E-state index in [4.69, 9.17) is 31.7 Å². The van der Waals surface area contributed by atoms with Gasteiger partial charge in [-0.05, 0) is 49.7 Å². The van der Waals surface area contributed by atoms with Crippen molar-refractivity contribution >= 4 is 28.6 Å². The molecule has 0 aromatic rings. The number of hydrogen-bond acceptors (Lipinski definition) is 3. The van der Waals surface area contributed by atoms with Crippen molar-refractivity contribution in [3.05, 3.63) is 0 Å². The average molecular weight is 249 g/mol. The lowest BCUT2D eigenvalue weighted by molar-refractivity contribution is 0.0581. The van der Waals surface area contributed by atoms with Gasteiger partial charge in [0.25, 0.3) is 0 Å². The van der Waals surface area contributed by atoms with Crippen molar-refractivity contribution in [2.75, 3.05) is 6.61 Å². The normalized spacial score (nSPS) is 14.9. The molecule has 0 radical (unpaired) electrons. The highest BCUT2D eigenvalue weighted by molar-refractivity contribution is 8.05. The van der Waals surface area contributed by atoms with Crippen LogP contribution in [-0.2, 0) is 13.8 Å². The van der Waals surface area contributed by atoms with Crippen LogP contribution in [0, 0.1) is 0 Å². The zero-order valence-electron chi connectivity index (χ0n) is 8.00. The smallest absolute Gasteiger partial charge is 0.379 e. The summed E-state index contributed by atoms with van der Waals surface area (Å²) in [6.45, 7) is 6.19. The van der Waals surface area contributed by atoms with Gasteiger partial charge in [-0.2, -0.15) is 0 Å². The monoisotopic (exact) mass is 248 g/mol. The lowest BCUT2D eigenvalue weighted by Gasteiger charge is -2.14. The summed E-state index contributed by atoms with van der Waals surface area (Å²) < 4.78 is 20.9. The summed E-state index contributed by atoms with van der Waals surface area (Å²) in [5.41, 5.74) is 0. The fraction of sp³-hybridized carbons (Fsp3) is 1.00. The van der Waals surface area contributed by atoms with E-state index in [1.54, 1.807) is 6.92 Å². The lowest BCUT2D eigenvalue weighted by Crippen LogP contribution is -2.11. The first-order valence-corrected chi connectivity index (χ1v) is 7.54. The Morgan fingerprint density at radius 2 is 1.85 bits per heavy atom. The van der Waals surface area contributed by atoms with Gasteiger partial charge in [0, 0.05) is 6.61 Å². The molecule has 0 spiro atoms. The molecule has 0 saturated carbocycles. The van der Waals surface area contributed by atoms with Gasteiger partial charge < -0.3 is 9.26 Å². The van der Waals surface area contributed by atoms with E-state index < -0.39 is 6.07 Å². The molecule has 0 heterocycles. The van der Waals surface area contributed by atoms with E-state index in [2.05, 4.69) is 0 Å². The first kappa shape index (κ1) is 13.7. The van der Waals surface area contributed by atoms with Crippen LogP contribution >= 0.6 is 28.6 Å². The van der Waals surface area contributed by atoms with Crippen molar-refractivity contribution in [3.8, 4) is 0 Å². The molecular weight excluding hydrogens is 234 g/mol. The predicted molar refractivity (Wildman–Crippen MR) is 55.6 cm³/mol. The van der Waals surface area contributed by atoms with Crippen LogP contribution in [0.5, 0.6) is 0 Å². The van der Waals surface area contributed by atoms with Gasteiger partial charge >= 0.3 is 6.07 Å². The van der Waals surface area contributed by atoms with Crippen molar-refractivity contribution in [2.45, 2.75) is 39.4 Å². The summed E-state index contributed by atoms with van der Waals surface area (Å²) in [6.07, 6.45) is -2.83. The van der Waals surface area contributed by atoms with Gasteiger partial charge in [0.2, 0.25) is 0 Å². The predicted octanol–water partition coefficient (Wildman–Crippen LogP) is 3.79. The Hall–Kier alpha value is 0.730. The van der Waals surface area contributed by atoms with Crippen LogP contribution in [-0.4, -0.2) is 18.8 Å². The van der Waals surface area contributed by atoms with Crippen molar-refractivity contribution in [1.82, 2.24) is 0 Å². The molecule has 0 aliphatic carbocycles. The molecule has 6 heteroatoms. The van der Waals surface area contributed by atoms with E-state index in [0.717, 1.165) is 0 Å². The number of halogens is 2. The highest BCUT2D eigenvalue weighted by Gasteiger charge is 2.18.